The van der Waals surface area contributed by atoms with Crippen LogP contribution in [-0.4, -0.2) is 17.8 Å². The fourth-order valence-corrected chi connectivity index (χ4v) is 1.58. The second kappa shape index (κ2) is 3.41. The summed E-state index contributed by atoms with van der Waals surface area (Å²) >= 11 is 0. The number of rotatable bonds is 1. The Morgan fingerprint density at radius 1 is 1.36 bits per heavy atom. The molecule has 1 aliphatic heterocycles. The SMILES string of the molecule is Cn1cccc1C1OCC(C)(C)CO1. The Labute approximate surface area is 84.6 Å². The zero-order valence-corrected chi connectivity index (χ0v) is 8.99. The maximum absolute atomic E-state index is 5.68. The minimum atomic E-state index is -0.192. The average molecular weight is 195 g/mol. The van der Waals surface area contributed by atoms with Crippen LogP contribution in [0.4, 0.5) is 0 Å². The van der Waals surface area contributed by atoms with E-state index in [9.17, 15) is 0 Å². The van der Waals surface area contributed by atoms with Gasteiger partial charge in [0.25, 0.3) is 0 Å². The minimum Gasteiger partial charge on any atom is -0.350 e. The van der Waals surface area contributed by atoms with E-state index >= 15 is 0 Å². The molecule has 1 aromatic heterocycles. The van der Waals surface area contributed by atoms with Gasteiger partial charge in [0.2, 0.25) is 0 Å². The van der Waals surface area contributed by atoms with Gasteiger partial charge < -0.3 is 14.0 Å². The number of aromatic nitrogens is 1. The standard InChI is InChI=1S/C11H17NO2/c1-11(2)7-13-10(14-8-11)9-5-4-6-12(9)3/h4-6,10H,7-8H2,1-3H3. The summed E-state index contributed by atoms with van der Waals surface area (Å²) in [6, 6.07) is 4.03. The molecule has 1 saturated heterocycles. The topological polar surface area (TPSA) is 23.4 Å². The van der Waals surface area contributed by atoms with Crippen molar-refractivity contribution in [3.8, 4) is 0 Å². The van der Waals surface area contributed by atoms with E-state index in [4.69, 9.17) is 9.47 Å². The highest BCUT2D eigenvalue weighted by Gasteiger charge is 2.29. The Morgan fingerprint density at radius 2 is 2.00 bits per heavy atom. The Bertz CT molecular complexity index is 307. The first-order valence-electron chi connectivity index (χ1n) is 4.93. The molecule has 1 aromatic rings. The Kier molecular flexibility index (Phi) is 2.37. The van der Waals surface area contributed by atoms with Crippen molar-refractivity contribution in [3.63, 3.8) is 0 Å². The largest absolute Gasteiger partial charge is 0.350 e. The molecule has 0 aromatic carbocycles. The summed E-state index contributed by atoms with van der Waals surface area (Å²) in [5, 5.41) is 0. The monoisotopic (exact) mass is 195 g/mol. The Hall–Kier alpha value is -0.800. The molecule has 2 heterocycles. The predicted molar refractivity (Wildman–Crippen MR) is 53.8 cm³/mol. The van der Waals surface area contributed by atoms with Crippen LogP contribution in [0.15, 0.2) is 18.3 Å². The van der Waals surface area contributed by atoms with Gasteiger partial charge in [-0.15, -0.1) is 0 Å². The molecule has 1 aliphatic rings. The van der Waals surface area contributed by atoms with Crippen molar-refractivity contribution in [1.82, 2.24) is 4.57 Å². The van der Waals surface area contributed by atoms with Crippen molar-refractivity contribution in [1.29, 1.82) is 0 Å². The Balaban J connectivity index is 2.06. The van der Waals surface area contributed by atoms with Crippen LogP contribution in [0.3, 0.4) is 0 Å². The maximum atomic E-state index is 5.68. The second-order valence-electron chi connectivity index (χ2n) is 4.66. The molecule has 0 radical (unpaired) electrons. The highest BCUT2D eigenvalue weighted by molar-refractivity contribution is 5.08. The summed E-state index contributed by atoms with van der Waals surface area (Å²) in [4.78, 5) is 0. The summed E-state index contributed by atoms with van der Waals surface area (Å²) < 4.78 is 13.4. The lowest BCUT2D eigenvalue weighted by atomic mass is 9.95. The number of ether oxygens (including phenoxy) is 2. The summed E-state index contributed by atoms with van der Waals surface area (Å²) in [6.45, 7) is 5.80. The summed E-state index contributed by atoms with van der Waals surface area (Å²) in [6.07, 6.45) is 1.81. The lowest BCUT2D eigenvalue weighted by molar-refractivity contribution is -0.228. The first kappa shape index (κ1) is 9.74. The van der Waals surface area contributed by atoms with Gasteiger partial charge in [0.05, 0.1) is 18.9 Å². The molecule has 0 spiro atoms. The van der Waals surface area contributed by atoms with Gasteiger partial charge in [-0.1, -0.05) is 13.8 Å². The van der Waals surface area contributed by atoms with E-state index < -0.39 is 0 Å². The van der Waals surface area contributed by atoms with E-state index in [1.54, 1.807) is 0 Å². The zero-order valence-electron chi connectivity index (χ0n) is 8.99. The van der Waals surface area contributed by atoms with Crippen LogP contribution in [0.25, 0.3) is 0 Å². The maximum Gasteiger partial charge on any atom is 0.199 e. The Morgan fingerprint density at radius 3 is 2.50 bits per heavy atom. The third-order valence-electron chi connectivity index (χ3n) is 2.48. The smallest absolute Gasteiger partial charge is 0.199 e. The van der Waals surface area contributed by atoms with Crippen molar-refractivity contribution in [2.24, 2.45) is 12.5 Å². The molecule has 1 fully saturated rings. The van der Waals surface area contributed by atoms with E-state index in [1.807, 2.05) is 29.9 Å². The number of hydrogen-bond donors (Lipinski definition) is 0. The first-order valence-corrected chi connectivity index (χ1v) is 4.93. The summed E-state index contributed by atoms with van der Waals surface area (Å²) in [5.41, 5.74) is 1.22. The van der Waals surface area contributed by atoms with E-state index in [-0.39, 0.29) is 11.7 Å². The average Bonchev–Trinajstić information content (AvgIpc) is 2.52. The van der Waals surface area contributed by atoms with Crippen molar-refractivity contribution < 1.29 is 9.47 Å². The van der Waals surface area contributed by atoms with Gasteiger partial charge in [-0.25, -0.2) is 0 Å². The van der Waals surface area contributed by atoms with Crippen molar-refractivity contribution >= 4 is 0 Å². The van der Waals surface area contributed by atoms with Gasteiger partial charge in [0.1, 0.15) is 0 Å². The van der Waals surface area contributed by atoms with E-state index in [0.29, 0.717) is 0 Å². The van der Waals surface area contributed by atoms with Gasteiger partial charge in [0.15, 0.2) is 6.29 Å². The predicted octanol–water partition coefficient (Wildman–Crippen LogP) is 2.10. The molecule has 3 heteroatoms. The third kappa shape index (κ3) is 1.83. The second-order valence-corrected chi connectivity index (χ2v) is 4.66. The van der Waals surface area contributed by atoms with Crippen LogP contribution in [-0.2, 0) is 16.5 Å². The molecule has 0 unspecified atom stereocenters. The fourth-order valence-electron chi connectivity index (χ4n) is 1.58. The lowest BCUT2D eigenvalue weighted by Crippen LogP contribution is -2.34. The molecule has 14 heavy (non-hydrogen) atoms. The van der Waals surface area contributed by atoms with Crippen LogP contribution in [0.1, 0.15) is 25.8 Å². The van der Waals surface area contributed by atoms with Crippen LogP contribution < -0.4 is 0 Å². The lowest BCUT2D eigenvalue weighted by Gasteiger charge is -2.34. The van der Waals surface area contributed by atoms with Gasteiger partial charge in [-0.05, 0) is 12.1 Å². The van der Waals surface area contributed by atoms with Crippen molar-refractivity contribution in [2.75, 3.05) is 13.2 Å². The van der Waals surface area contributed by atoms with Crippen LogP contribution in [0, 0.1) is 5.41 Å². The van der Waals surface area contributed by atoms with E-state index in [1.165, 1.54) is 0 Å². The van der Waals surface area contributed by atoms with Crippen LogP contribution in [0.5, 0.6) is 0 Å². The third-order valence-corrected chi connectivity index (χ3v) is 2.48. The van der Waals surface area contributed by atoms with Gasteiger partial charge >= 0.3 is 0 Å². The van der Waals surface area contributed by atoms with E-state index in [0.717, 1.165) is 18.9 Å². The molecule has 0 saturated carbocycles. The molecule has 3 nitrogen and oxygen atoms in total. The highest BCUT2D eigenvalue weighted by Crippen LogP contribution is 2.30. The number of aryl methyl sites for hydroxylation is 1. The molecule has 0 amide bonds. The molecular formula is C11H17NO2. The zero-order chi connectivity index (χ0) is 10.2. The molecule has 0 atom stereocenters. The summed E-state index contributed by atoms with van der Waals surface area (Å²) in [5.74, 6) is 0. The van der Waals surface area contributed by atoms with Gasteiger partial charge in [-0.3, -0.25) is 0 Å². The van der Waals surface area contributed by atoms with Crippen LogP contribution >= 0.6 is 0 Å². The van der Waals surface area contributed by atoms with Gasteiger partial charge in [-0.2, -0.15) is 0 Å². The van der Waals surface area contributed by atoms with Gasteiger partial charge in [0, 0.05) is 18.7 Å². The molecule has 0 N–H and O–H groups in total. The summed E-state index contributed by atoms with van der Waals surface area (Å²) in [7, 11) is 2.00. The quantitative estimate of drug-likeness (QED) is 0.685. The molecule has 2 rings (SSSR count). The minimum absolute atomic E-state index is 0.141. The molecule has 0 bridgehead atoms. The fraction of sp³-hybridized carbons (Fsp3) is 0.636. The van der Waals surface area contributed by atoms with E-state index in [2.05, 4.69) is 13.8 Å². The highest BCUT2D eigenvalue weighted by atomic mass is 16.7. The number of nitrogens with zero attached hydrogens (tertiary/aromatic N) is 1. The normalized spacial score (nSPS) is 22.5. The molecule has 0 aliphatic carbocycles. The van der Waals surface area contributed by atoms with Crippen LogP contribution in [0.2, 0.25) is 0 Å². The first-order chi connectivity index (χ1) is 6.58. The van der Waals surface area contributed by atoms with Crippen molar-refractivity contribution in [2.45, 2.75) is 20.1 Å². The van der Waals surface area contributed by atoms with Crippen molar-refractivity contribution in [3.05, 3.63) is 24.0 Å². The number of hydrogen-bond acceptors (Lipinski definition) is 2. The molecule has 78 valence electrons. The molecular weight excluding hydrogens is 178 g/mol.